The summed E-state index contributed by atoms with van der Waals surface area (Å²) < 4.78 is 23.5. The molecule has 2 aliphatic heterocycles. The molecule has 0 amide bonds. The average molecular weight is 288 g/mol. The topological polar surface area (TPSA) is 57.2 Å². The molecule has 2 aliphatic rings. The van der Waals surface area contributed by atoms with Crippen molar-refractivity contribution in [2.45, 2.75) is 83.3 Å². The molecule has 1 unspecified atom stereocenters. The maximum Gasteiger partial charge on any atom is 0.183 e. The minimum Gasteiger partial charge on any atom is -0.375 e. The van der Waals surface area contributed by atoms with E-state index in [0.717, 1.165) is 38.7 Å². The summed E-state index contributed by atoms with van der Waals surface area (Å²) in [5, 5.41) is 10.1. The van der Waals surface area contributed by atoms with Crippen LogP contribution in [0, 0.1) is 0 Å². The number of fused-ring (bicyclic) bond motifs is 1. The maximum atomic E-state index is 10.1. The summed E-state index contributed by atoms with van der Waals surface area (Å²) in [6.07, 6.45) is 2.68. The third-order valence-electron chi connectivity index (χ3n) is 4.27. The van der Waals surface area contributed by atoms with Crippen LogP contribution in [-0.4, -0.2) is 48.7 Å². The van der Waals surface area contributed by atoms with E-state index in [2.05, 4.69) is 6.92 Å². The first-order valence-corrected chi connectivity index (χ1v) is 7.92. The first-order valence-electron chi connectivity index (χ1n) is 7.92. The van der Waals surface area contributed by atoms with Crippen LogP contribution in [0.15, 0.2) is 0 Å². The number of hydrogen-bond donors (Lipinski definition) is 1. The standard InChI is InChI=1S/C15H28O5/c1-4-7-9-17-11-8-10-18-14(16)13-12(11)19-15(5-2,6-3)20-13/h11-14,16H,4-10H2,1-3H3/t11-,12-,13-,14?/m1/s1. The van der Waals surface area contributed by atoms with E-state index in [1.165, 1.54) is 0 Å². The highest BCUT2D eigenvalue weighted by Crippen LogP contribution is 2.39. The van der Waals surface area contributed by atoms with Gasteiger partial charge in [-0.05, 0) is 25.7 Å². The van der Waals surface area contributed by atoms with Gasteiger partial charge in [0, 0.05) is 6.61 Å². The zero-order valence-electron chi connectivity index (χ0n) is 12.8. The number of ether oxygens (including phenoxy) is 4. The van der Waals surface area contributed by atoms with E-state index in [1.807, 2.05) is 13.8 Å². The average Bonchev–Trinajstić information content (AvgIpc) is 2.80. The Balaban J connectivity index is 2.07. The number of aliphatic hydroxyl groups excluding tert-OH is 1. The first kappa shape index (κ1) is 16.2. The van der Waals surface area contributed by atoms with Gasteiger partial charge in [-0.15, -0.1) is 0 Å². The highest BCUT2D eigenvalue weighted by molar-refractivity contribution is 4.92. The Morgan fingerprint density at radius 3 is 2.50 bits per heavy atom. The lowest BCUT2D eigenvalue weighted by Crippen LogP contribution is -2.41. The molecule has 0 radical (unpaired) electrons. The maximum absolute atomic E-state index is 10.1. The van der Waals surface area contributed by atoms with Crippen molar-refractivity contribution in [2.75, 3.05) is 13.2 Å². The van der Waals surface area contributed by atoms with Gasteiger partial charge in [0.15, 0.2) is 12.1 Å². The lowest BCUT2D eigenvalue weighted by atomic mass is 10.1. The van der Waals surface area contributed by atoms with E-state index in [9.17, 15) is 5.11 Å². The Hall–Kier alpha value is -0.200. The van der Waals surface area contributed by atoms with Crippen molar-refractivity contribution in [3.05, 3.63) is 0 Å². The van der Waals surface area contributed by atoms with Gasteiger partial charge in [-0.3, -0.25) is 0 Å². The van der Waals surface area contributed by atoms with Gasteiger partial charge < -0.3 is 24.1 Å². The van der Waals surface area contributed by atoms with Crippen molar-refractivity contribution < 1.29 is 24.1 Å². The Morgan fingerprint density at radius 1 is 1.15 bits per heavy atom. The van der Waals surface area contributed by atoms with Gasteiger partial charge >= 0.3 is 0 Å². The highest BCUT2D eigenvalue weighted by atomic mass is 16.8. The van der Waals surface area contributed by atoms with Crippen LogP contribution in [-0.2, 0) is 18.9 Å². The number of hydrogen-bond acceptors (Lipinski definition) is 5. The molecule has 118 valence electrons. The largest absolute Gasteiger partial charge is 0.375 e. The van der Waals surface area contributed by atoms with Gasteiger partial charge in [0.1, 0.15) is 12.2 Å². The zero-order valence-corrected chi connectivity index (χ0v) is 12.8. The van der Waals surface area contributed by atoms with E-state index in [-0.39, 0.29) is 12.2 Å². The molecule has 0 spiro atoms. The summed E-state index contributed by atoms with van der Waals surface area (Å²) in [5.41, 5.74) is 0. The van der Waals surface area contributed by atoms with Crippen molar-refractivity contribution in [3.63, 3.8) is 0 Å². The van der Waals surface area contributed by atoms with Crippen LogP contribution in [0.5, 0.6) is 0 Å². The Morgan fingerprint density at radius 2 is 1.85 bits per heavy atom. The summed E-state index contributed by atoms with van der Waals surface area (Å²) in [6.45, 7) is 7.41. The van der Waals surface area contributed by atoms with Crippen molar-refractivity contribution >= 4 is 0 Å². The summed E-state index contributed by atoms with van der Waals surface area (Å²) in [6, 6.07) is 0. The minimum atomic E-state index is -0.931. The molecule has 0 aliphatic carbocycles. The lowest BCUT2D eigenvalue weighted by Gasteiger charge is -2.27. The molecule has 2 fully saturated rings. The normalized spacial score (nSPS) is 36.6. The molecule has 2 saturated heterocycles. The Kier molecular flexibility index (Phi) is 5.81. The third kappa shape index (κ3) is 3.34. The van der Waals surface area contributed by atoms with Gasteiger partial charge in [-0.2, -0.15) is 0 Å². The van der Waals surface area contributed by atoms with Crippen molar-refractivity contribution in [1.82, 2.24) is 0 Å². The molecule has 0 aromatic rings. The van der Waals surface area contributed by atoms with Crippen molar-refractivity contribution in [1.29, 1.82) is 0 Å². The fourth-order valence-corrected chi connectivity index (χ4v) is 2.87. The molecule has 2 heterocycles. The molecule has 0 bridgehead atoms. The fourth-order valence-electron chi connectivity index (χ4n) is 2.87. The van der Waals surface area contributed by atoms with E-state index < -0.39 is 18.2 Å². The lowest BCUT2D eigenvalue weighted by molar-refractivity contribution is -0.220. The molecule has 4 atom stereocenters. The van der Waals surface area contributed by atoms with Gasteiger partial charge in [0.25, 0.3) is 0 Å². The Bertz CT molecular complexity index is 292. The predicted molar refractivity (Wildman–Crippen MR) is 74.3 cm³/mol. The van der Waals surface area contributed by atoms with Crippen LogP contribution >= 0.6 is 0 Å². The molecule has 0 aromatic heterocycles. The van der Waals surface area contributed by atoms with Crippen LogP contribution in [0.4, 0.5) is 0 Å². The first-order chi connectivity index (χ1) is 9.65. The molecule has 20 heavy (non-hydrogen) atoms. The quantitative estimate of drug-likeness (QED) is 0.759. The number of rotatable bonds is 6. The number of unbranched alkanes of at least 4 members (excludes halogenated alkanes) is 1. The molecule has 0 saturated carbocycles. The molecule has 2 rings (SSSR count). The second-order valence-electron chi connectivity index (χ2n) is 5.60. The molecule has 0 aromatic carbocycles. The smallest absolute Gasteiger partial charge is 0.183 e. The second-order valence-corrected chi connectivity index (χ2v) is 5.60. The predicted octanol–water partition coefficient (Wildman–Crippen LogP) is 2.21. The minimum absolute atomic E-state index is 0.0660. The SMILES string of the molecule is CCCCO[C@@H]1CCOC(O)[C@@H]2OC(CC)(CC)O[C@H]12. The monoisotopic (exact) mass is 288 g/mol. The van der Waals surface area contributed by atoms with E-state index in [4.69, 9.17) is 18.9 Å². The highest BCUT2D eigenvalue weighted by Gasteiger charge is 2.52. The van der Waals surface area contributed by atoms with E-state index in [0.29, 0.717) is 6.61 Å². The second kappa shape index (κ2) is 7.18. The van der Waals surface area contributed by atoms with Gasteiger partial charge in [0.2, 0.25) is 0 Å². The van der Waals surface area contributed by atoms with Gasteiger partial charge in [-0.1, -0.05) is 27.2 Å². The van der Waals surface area contributed by atoms with E-state index in [1.54, 1.807) is 0 Å². The van der Waals surface area contributed by atoms with Crippen LogP contribution in [0.25, 0.3) is 0 Å². The molecule has 5 nitrogen and oxygen atoms in total. The summed E-state index contributed by atoms with van der Waals surface area (Å²) in [4.78, 5) is 0. The van der Waals surface area contributed by atoms with Crippen LogP contribution in [0.2, 0.25) is 0 Å². The number of aliphatic hydroxyl groups is 1. The van der Waals surface area contributed by atoms with Crippen LogP contribution in [0.3, 0.4) is 0 Å². The Labute approximate surface area is 121 Å². The van der Waals surface area contributed by atoms with Crippen molar-refractivity contribution in [2.24, 2.45) is 0 Å². The summed E-state index contributed by atoms with van der Waals surface area (Å²) >= 11 is 0. The molecule has 1 N–H and O–H groups in total. The fraction of sp³-hybridized carbons (Fsp3) is 1.00. The van der Waals surface area contributed by atoms with Crippen LogP contribution < -0.4 is 0 Å². The molecule has 5 heteroatoms. The van der Waals surface area contributed by atoms with Crippen LogP contribution in [0.1, 0.15) is 52.9 Å². The zero-order chi connectivity index (χ0) is 14.6. The molecular formula is C15H28O5. The van der Waals surface area contributed by atoms with Gasteiger partial charge in [0.05, 0.1) is 12.7 Å². The van der Waals surface area contributed by atoms with Gasteiger partial charge in [-0.25, -0.2) is 0 Å². The third-order valence-corrected chi connectivity index (χ3v) is 4.27. The molecular weight excluding hydrogens is 260 g/mol. The summed E-state index contributed by atoms with van der Waals surface area (Å²) in [5.74, 6) is -0.608. The summed E-state index contributed by atoms with van der Waals surface area (Å²) in [7, 11) is 0. The van der Waals surface area contributed by atoms with E-state index >= 15 is 0 Å². The van der Waals surface area contributed by atoms with Crippen molar-refractivity contribution in [3.8, 4) is 0 Å².